The third-order valence-electron chi connectivity index (χ3n) is 2.17. The minimum absolute atomic E-state index is 0.215. The Labute approximate surface area is 77.0 Å². The number of nitrogens with one attached hydrogen (secondary N) is 2. The van der Waals surface area contributed by atoms with Gasteiger partial charge < -0.3 is 15.7 Å². The van der Waals surface area contributed by atoms with Crippen molar-refractivity contribution in [2.45, 2.75) is 6.04 Å². The summed E-state index contributed by atoms with van der Waals surface area (Å²) in [6, 6.07) is 3.79. The van der Waals surface area contributed by atoms with Crippen LogP contribution in [0.5, 0.6) is 5.75 Å². The summed E-state index contributed by atoms with van der Waals surface area (Å²) in [5.41, 5.74) is 0.977. The van der Waals surface area contributed by atoms with Gasteiger partial charge in [-0.15, -0.1) is 0 Å². The van der Waals surface area contributed by atoms with E-state index >= 15 is 0 Å². The Morgan fingerprint density at radius 3 is 2.92 bits per heavy atom. The third kappa shape index (κ3) is 1.96. The summed E-state index contributed by atoms with van der Waals surface area (Å²) in [6.45, 7) is 2.87. The maximum absolute atomic E-state index is 9.06. The van der Waals surface area contributed by atoms with Crippen molar-refractivity contribution in [2.24, 2.45) is 0 Å². The fourth-order valence-corrected chi connectivity index (χ4v) is 1.47. The summed E-state index contributed by atoms with van der Waals surface area (Å²) < 4.78 is 0. The quantitative estimate of drug-likeness (QED) is 0.569. The minimum atomic E-state index is 0.215. The van der Waals surface area contributed by atoms with Crippen molar-refractivity contribution in [3.05, 3.63) is 24.0 Å². The number of hydrogen-bond donors (Lipinski definition) is 3. The first kappa shape index (κ1) is 8.47. The van der Waals surface area contributed by atoms with Gasteiger partial charge in [-0.05, 0) is 12.1 Å². The van der Waals surface area contributed by atoms with Crippen LogP contribution < -0.4 is 10.6 Å². The van der Waals surface area contributed by atoms with Crippen LogP contribution in [0.4, 0.5) is 0 Å². The molecule has 0 saturated carbocycles. The number of nitrogens with zero attached hydrogens (tertiary/aromatic N) is 1. The zero-order chi connectivity index (χ0) is 9.10. The zero-order valence-corrected chi connectivity index (χ0v) is 7.33. The van der Waals surface area contributed by atoms with E-state index in [9.17, 15) is 0 Å². The summed E-state index contributed by atoms with van der Waals surface area (Å²) in [4.78, 5) is 4.15. The highest BCUT2D eigenvalue weighted by Gasteiger charge is 2.14. The fraction of sp³-hybridized carbons (Fsp3) is 0.444. The average molecular weight is 179 g/mol. The molecule has 1 aromatic rings. The van der Waals surface area contributed by atoms with Gasteiger partial charge in [0.1, 0.15) is 5.75 Å². The molecule has 4 nitrogen and oxygen atoms in total. The van der Waals surface area contributed by atoms with Gasteiger partial charge in [0.25, 0.3) is 0 Å². The summed E-state index contributed by atoms with van der Waals surface area (Å²) in [6.07, 6.45) is 1.48. The van der Waals surface area contributed by atoms with Gasteiger partial charge in [-0.3, -0.25) is 4.98 Å². The molecule has 0 aliphatic carbocycles. The molecule has 70 valence electrons. The van der Waals surface area contributed by atoms with Crippen molar-refractivity contribution in [3.63, 3.8) is 0 Å². The second-order valence-corrected chi connectivity index (χ2v) is 3.15. The first-order valence-corrected chi connectivity index (χ1v) is 4.45. The minimum Gasteiger partial charge on any atom is -0.506 e. The molecule has 1 aliphatic rings. The molecule has 0 radical (unpaired) electrons. The first-order valence-electron chi connectivity index (χ1n) is 4.45. The van der Waals surface area contributed by atoms with Crippen molar-refractivity contribution >= 4 is 0 Å². The molecule has 0 spiro atoms. The first-order chi connectivity index (χ1) is 6.36. The molecule has 0 unspecified atom stereocenters. The topological polar surface area (TPSA) is 57.2 Å². The Morgan fingerprint density at radius 1 is 1.38 bits per heavy atom. The van der Waals surface area contributed by atoms with Gasteiger partial charge in [0.2, 0.25) is 0 Å². The van der Waals surface area contributed by atoms with Crippen LogP contribution in [-0.4, -0.2) is 29.7 Å². The van der Waals surface area contributed by atoms with E-state index in [0.29, 0.717) is 0 Å². The molecular formula is C9H13N3O. The van der Waals surface area contributed by atoms with E-state index in [0.717, 1.165) is 25.3 Å². The van der Waals surface area contributed by atoms with Crippen LogP contribution in [0.1, 0.15) is 11.7 Å². The Kier molecular flexibility index (Phi) is 2.42. The number of hydrogen-bond acceptors (Lipinski definition) is 4. The molecule has 4 heteroatoms. The maximum Gasteiger partial charge on any atom is 0.133 e. The Bertz CT molecular complexity index is 267. The van der Waals surface area contributed by atoms with Gasteiger partial charge in [0.15, 0.2) is 0 Å². The Hall–Kier alpha value is -1.13. The van der Waals surface area contributed by atoms with Gasteiger partial charge in [-0.25, -0.2) is 0 Å². The fourth-order valence-electron chi connectivity index (χ4n) is 1.47. The van der Waals surface area contributed by atoms with Crippen LogP contribution >= 0.6 is 0 Å². The molecule has 0 amide bonds. The molecule has 1 aliphatic heterocycles. The second kappa shape index (κ2) is 3.72. The van der Waals surface area contributed by atoms with Crippen molar-refractivity contribution in [1.82, 2.24) is 15.6 Å². The summed E-state index contributed by atoms with van der Waals surface area (Å²) in [7, 11) is 0. The van der Waals surface area contributed by atoms with E-state index in [1.54, 1.807) is 6.07 Å². The van der Waals surface area contributed by atoms with E-state index in [2.05, 4.69) is 15.6 Å². The number of rotatable bonds is 1. The third-order valence-corrected chi connectivity index (χ3v) is 2.17. The lowest BCUT2D eigenvalue weighted by Gasteiger charge is -2.23. The highest BCUT2D eigenvalue weighted by molar-refractivity contribution is 5.20. The molecule has 1 atom stereocenters. The highest BCUT2D eigenvalue weighted by atomic mass is 16.3. The lowest BCUT2D eigenvalue weighted by atomic mass is 10.1. The maximum atomic E-state index is 9.06. The molecule has 0 bridgehead atoms. The van der Waals surface area contributed by atoms with Crippen molar-refractivity contribution in [1.29, 1.82) is 0 Å². The molecular weight excluding hydrogens is 166 g/mol. The van der Waals surface area contributed by atoms with Gasteiger partial charge >= 0.3 is 0 Å². The van der Waals surface area contributed by atoms with E-state index in [1.165, 1.54) is 6.20 Å². The van der Waals surface area contributed by atoms with Crippen LogP contribution in [0.15, 0.2) is 18.3 Å². The summed E-state index contributed by atoms with van der Waals surface area (Å²) in [5, 5.41) is 15.7. The lowest BCUT2D eigenvalue weighted by molar-refractivity contribution is 0.420. The van der Waals surface area contributed by atoms with E-state index in [1.807, 2.05) is 6.07 Å². The van der Waals surface area contributed by atoms with E-state index < -0.39 is 0 Å². The van der Waals surface area contributed by atoms with Gasteiger partial charge in [-0.1, -0.05) is 0 Å². The number of aromatic nitrogens is 1. The van der Waals surface area contributed by atoms with Crippen LogP contribution in [0.25, 0.3) is 0 Å². The zero-order valence-electron chi connectivity index (χ0n) is 7.33. The molecule has 0 aromatic carbocycles. The normalized spacial score (nSPS) is 22.9. The summed E-state index contributed by atoms with van der Waals surface area (Å²) >= 11 is 0. The van der Waals surface area contributed by atoms with Gasteiger partial charge in [0.05, 0.1) is 17.9 Å². The molecule has 3 N–H and O–H groups in total. The van der Waals surface area contributed by atoms with Crippen LogP contribution in [-0.2, 0) is 0 Å². The van der Waals surface area contributed by atoms with Crippen molar-refractivity contribution in [2.75, 3.05) is 19.6 Å². The monoisotopic (exact) mass is 179 g/mol. The smallest absolute Gasteiger partial charge is 0.133 e. The molecule has 1 fully saturated rings. The average Bonchev–Trinajstić information content (AvgIpc) is 2.20. The number of aromatic hydroxyl groups is 1. The van der Waals surface area contributed by atoms with Crippen molar-refractivity contribution in [3.8, 4) is 5.75 Å². The van der Waals surface area contributed by atoms with Crippen molar-refractivity contribution < 1.29 is 5.11 Å². The highest BCUT2D eigenvalue weighted by Crippen LogP contribution is 2.13. The van der Waals surface area contributed by atoms with Gasteiger partial charge in [0, 0.05) is 19.6 Å². The van der Waals surface area contributed by atoms with Crippen LogP contribution in [0.2, 0.25) is 0 Å². The van der Waals surface area contributed by atoms with E-state index in [4.69, 9.17) is 5.11 Å². The molecule has 1 saturated heterocycles. The van der Waals surface area contributed by atoms with Gasteiger partial charge in [-0.2, -0.15) is 0 Å². The molecule has 13 heavy (non-hydrogen) atoms. The predicted molar refractivity (Wildman–Crippen MR) is 49.5 cm³/mol. The van der Waals surface area contributed by atoms with Crippen LogP contribution in [0, 0.1) is 0 Å². The standard InChI is InChI=1S/C9H13N3O/c13-7-1-2-8(12-5-7)9-6-10-3-4-11-9/h1-2,5,9-11,13H,3-4,6H2/t9-/m0/s1. The molecule has 2 rings (SSSR count). The number of piperazine rings is 1. The molecule has 2 heterocycles. The predicted octanol–water partition coefficient (Wildman–Crippen LogP) is 0.0211. The Balaban J connectivity index is 2.10. The summed E-state index contributed by atoms with van der Waals surface area (Å²) in [5.74, 6) is 0.215. The largest absolute Gasteiger partial charge is 0.506 e. The SMILES string of the molecule is Oc1ccc([C@@H]2CNCCN2)nc1. The Morgan fingerprint density at radius 2 is 2.31 bits per heavy atom. The second-order valence-electron chi connectivity index (χ2n) is 3.15. The van der Waals surface area contributed by atoms with E-state index in [-0.39, 0.29) is 11.8 Å². The van der Waals surface area contributed by atoms with Crippen LogP contribution in [0.3, 0.4) is 0 Å². The lowest BCUT2D eigenvalue weighted by Crippen LogP contribution is -2.42. The number of pyridine rings is 1. The molecule has 1 aromatic heterocycles.